The SMILES string of the molecule is NC(=O)N[C@H](CC(=O)OCC(=O)Nc1ccc(F)cc1)c1ccc(Cl)cc1. The van der Waals surface area contributed by atoms with Gasteiger partial charge in [-0.1, -0.05) is 23.7 Å². The number of nitrogens with one attached hydrogen (secondary N) is 2. The molecule has 2 rings (SSSR count). The minimum Gasteiger partial charge on any atom is -0.455 e. The molecule has 0 aliphatic carbocycles. The fourth-order valence-electron chi connectivity index (χ4n) is 2.22. The highest BCUT2D eigenvalue weighted by molar-refractivity contribution is 6.30. The van der Waals surface area contributed by atoms with Gasteiger partial charge in [-0.05, 0) is 42.0 Å². The highest BCUT2D eigenvalue weighted by Gasteiger charge is 2.19. The van der Waals surface area contributed by atoms with Gasteiger partial charge in [-0.2, -0.15) is 0 Å². The molecule has 0 bridgehead atoms. The van der Waals surface area contributed by atoms with Gasteiger partial charge in [0.05, 0.1) is 12.5 Å². The van der Waals surface area contributed by atoms with Gasteiger partial charge >= 0.3 is 12.0 Å². The van der Waals surface area contributed by atoms with Crippen molar-refractivity contribution in [2.24, 2.45) is 5.73 Å². The summed E-state index contributed by atoms with van der Waals surface area (Å²) in [5.74, 6) is -1.73. The number of halogens is 2. The fraction of sp³-hybridized carbons (Fsp3) is 0.167. The van der Waals surface area contributed by atoms with Gasteiger partial charge in [-0.15, -0.1) is 0 Å². The smallest absolute Gasteiger partial charge is 0.312 e. The molecule has 27 heavy (non-hydrogen) atoms. The van der Waals surface area contributed by atoms with Crippen molar-refractivity contribution in [3.05, 3.63) is 64.9 Å². The van der Waals surface area contributed by atoms with Crippen LogP contribution < -0.4 is 16.4 Å². The third-order valence-electron chi connectivity index (χ3n) is 3.45. The lowest BCUT2D eigenvalue weighted by molar-refractivity contribution is -0.147. The van der Waals surface area contributed by atoms with E-state index in [0.29, 0.717) is 16.3 Å². The number of amides is 3. The maximum Gasteiger partial charge on any atom is 0.312 e. The molecular weight excluding hydrogens is 377 g/mol. The summed E-state index contributed by atoms with van der Waals surface area (Å²) in [7, 11) is 0. The van der Waals surface area contributed by atoms with Gasteiger partial charge in [-0.3, -0.25) is 9.59 Å². The zero-order chi connectivity index (χ0) is 19.8. The van der Waals surface area contributed by atoms with Gasteiger partial charge in [0, 0.05) is 10.7 Å². The molecule has 0 radical (unpaired) electrons. The number of anilines is 1. The molecule has 0 heterocycles. The van der Waals surface area contributed by atoms with Crippen LogP contribution in [0.2, 0.25) is 5.02 Å². The first kappa shape index (κ1) is 20.2. The minimum atomic E-state index is -0.809. The van der Waals surface area contributed by atoms with Crippen LogP contribution in [0.4, 0.5) is 14.9 Å². The van der Waals surface area contributed by atoms with Crippen LogP contribution in [0.3, 0.4) is 0 Å². The lowest BCUT2D eigenvalue weighted by Crippen LogP contribution is -2.35. The summed E-state index contributed by atoms with van der Waals surface area (Å²) in [6, 6.07) is 10.1. The van der Waals surface area contributed by atoms with Crippen molar-refractivity contribution in [1.29, 1.82) is 0 Å². The molecule has 3 amide bonds. The maximum atomic E-state index is 12.8. The van der Waals surface area contributed by atoms with Gasteiger partial charge in [0.1, 0.15) is 5.82 Å². The van der Waals surface area contributed by atoms with Crippen molar-refractivity contribution in [3.8, 4) is 0 Å². The van der Waals surface area contributed by atoms with E-state index in [1.807, 2.05) is 0 Å². The Morgan fingerprint density at radius 3 is 2.30 bits per heavy atom. The zero-order valence-electron chi connectivity index (χ0n) is 14.1. The predicted molar refractivity (Wildman–Crippen MR) is 97.5 cm³/mol. The summed E-state index contributed by atoms with van der Waals surface area (Å²) >= 11 is 5.82. The number of rotatable bonds is 7. The Kier molecular flexibility index (Phi) is 7.13. The number of urea groups is 1. The maximum absolute atomic E-state index is 12.8. The number of primary amides is 1. The lowest BCUT2D eigenvalue weighted by Gasteiger charge is -2.17. The topological polar surface area (TPSA) is 111 Å². The van der Waals surface area contributed by atoms with Crippen LogP contribution in [0.25, 0.3) is 0 Å². The fourth-order valence-corrected chi connectivity index (χ4v) is 2.35. The van der Waals surface area contributed by atoms with Crippen LogP contribution in [0.1, 0.15) is 18.0 Å². The van der Waals surface area contributed by atoms with Crippen molar-refractivity contribution in [2.45, 2.75) is 12.5 Å². The van der Waals surface area contributed by atoms with E-state index in [0.717, 1.165) is 0 Å². The number of nitrogens with two attached hydrogens (primary N) is 1. The molecule has 142 valence electrons. The van der Waals surface area contributed by atoms with Crippen LogP contribution >= 0.6 is 11.6 Å². The van der Waals surface area contributed by atoms with E-state index < -0.39 is 36.4 Å². The summed E-state index contributed by atoms with van der Waals surface area (Å²) in [6.07, 6.45) is -0.228. The van der Waals surface area contributed by atoms with Crippen molar-refractivity contribution in [2.75, 3.05) is 11.9 Å². The Morgan fingerprint density at radius 2 is 1.70 bits per heavy atom. The quantitative estimate of drug-likeness (QED) is 0.628. The van der Waals surface area contributed by atoms with Crippen molar-refractivity contribution in [1.82, 2.24) is 5.32 Å². The van der Waals surface area contributed by atoms with Gasteiger partial charge in [0.15, 0.2) is 6.61 Å². The van der Waals surface area contributed by atoms with Crippen molar-refractivity contribution >= 4 is 35.2 Å². The van der Waals surface area contributed by atoms with Crippen LogP contribution in [-0.4, -0.2) is 24.5 Å². The van der Waals surface area contributed by atoms with E-state index in [1.54, 1.807) is 24.3 Å². The van der Waals surface area contributed by atoms with Crippen LogP contribution in [-0.2, 0) is 14.3 Å². The molecule has 2 aromatic carbocycles. The van der Waals surface area contributed by atoms with E-state index >= 15 is 0 Å². The van der Waals surface area contributed by atoms with Crippen LogP contribution in [0.15, 0.2) is 48.5 Å². The molecule has 0 aliphatic heterocycles. The lowest BCUT2D eigenvalue weighted by atomic mass is 10.0. The molecule has 0 spiro atoms. The zero-order valence-corrected chi connectivity index (χ0v) is 14.8. The summed E-state index contributed by atoms with van der Waals surface area (Å²) in [4.78, 5) is 35.0. The van der Waals surface area contributed by atoms with Gasteiger partial charge in [0.25, 0.3) is 5.91 Å². The average Bonchev–Trinajstić information content (AvgIpc) is 2.62. The molecule has 2 aromatic rings. The number of ether oxygens (including phenoxy) is 1. The van der Waals surface area contributed by atoms with Crippen LogP contribution in [0.5, 0.6) is 0 Å². The highest BCUT2D eigenvalue weighted by Crippen LogP contribution is 2.20. The molecule has 7 nitrogen and oxygen atoms in total. The summed E-state index contributed by atoms with van der Waals surface area (Å²) in [6.45, 7) is -0.528. The predicted octanol–water partition coefficient (Wildman–Crippen LogP) is 2.76. The summed E-state index contributed by atoms with van der Waals surface area (Å²) in [5.41, 5.74) is 6.11. The van der Waals surface area contributed by atoms with E-state index in [-0.39, 0.29) is 6.42 Å². The molecule has 0 unspecified atom stereocenters. The number of hydrogen-bond donors (Lipinski definition) is 3. The first-order valence-electron chi connectivity index (χ1n) is 7.86. The normalized spacial score (nSPS) is 11.3. The third kappa shape index (κ3) is 6.95. The molecule has 0 aliphatic rings. The molecule has 0 saturated carbocycles. The van der Waals surface area contributed by atoms with Crippen LogP contribution in [0, 0.1) is 5.82 Å². The molecule has 0 aromatic heterocycles. The van der Waals surface area contributed by atoms with E-state index in [2.05, 4.69) is 10.6 Å². The second-order valence-electron chi connectivity index (χ2n) is 5.53. The first-order chi connectivity index (χ1) is 12.8. The third-order valence-corrected chi connectivity index (χ3v) is 3.70. The Balaban J connectivity index is 1.89. The van der Waals surface area contributed by atoms with E-state index in [1.165, 1.54) is 24.3 Å². The monoisotopic (exact) mass is 393 g/mol. The number of benzene rings is 2. The largest absolute Gasteiger partial charge is 0.455 e. The number of esters is 1. The van der Waals surface area contributed by atoms with E-state index in [4.69, 9.17) is 22.1 Å². The Hall–Kier alpha value is -3.13. The summed E-state index contributed by atoms with van der Waals surface area (Å²) in [5, 5.41) is 5.40. The first-order valence-corrected chi connectivity index (χ1v) is 8.24. The molecule has 9 heteroatoms. The Labute approximate surface area is 159 Å². The minimum absolute atomic E-state index is 0.228. The molecule has 1 atom stereocenters. The number of carbonyl (C=O) groups excluding carboxylic acids is 3. The number of hydrogen-bond acceptors (Lipinski definition) is 4. The average molecular weight is 394 g/mol. The van der Waals surface area contributed by atoms with Gasteiger partial charge in [0.2, 0.25) is 0 Å². The molecule has 0 fully saturated rings. The molecule has 4 N–H and O–H groups in total. The van der Waals surface area contributed by atoms with Gasteiger partial charge < -0.3 is 21.1 Å². The second kappa shape index (κ2) is 9.54. The Bertz CT molecular complexity index is 812. The second-order valence-corrected chi connectivity index (χ2v) is 5.97. The summed E-state index contributed by atoms with van der Waals surface area (Å²) < 4.78 is 17.7. The standard InChI is InChI=1S/C18H17ClFN3O4/c19-12-3-1-11(2-4-12)15(23-18(21)26)9-17(25)27-10-16(24)22-14-7-5-13(20)6-8-14/h1-8,15H,9-10H2,(H,22,24)(H3,21,23,26)/t15-/m1/s1. The molecular formula is C18H17ClFN3O4. The van der Waals surface area contributed by atoms with Crippen molar-refractivity contribution in [3.63, 3.8) is 0 Å². The number of carbonyl (C=O) groups is 3. The molecule has 0 saturated heterocycles. The van der Waals surface area contributed by atoms with E-state index in [9.17, 15) is 18.8 Å². The van der Waals surface area contributed by atoms with Gasteiger partial charge in [-0.25, -0.2) is 9.18 Å². The Morgan fingerprint density at radius 1 is 1.07 bits per heavy atom. The highest BCUT2D eigenvalue weighted by atomic mass is 35.5. The van der Waals surface area contributed by atoms with Crippen molar-refractivity contribution < 1.29 is 23.5 Å².